The highest BCUT2D eigenvalue weighted by atomic mass is 79.9. The minimum atomic E-state index is -3.75. The van der Waals surface area contributed by atoms with Crippen LogP contribution in [-0.2, 0) is 14.8 Å². The third kappa shape index (κ3) is 4.83. The van der Waals surface area contributed by atoms with Gasteiger partial charge in [-0.05, 0) is 40.5 Å². The molecule has 0 aromatic heterocycles. The van der Waals surface area contributed by atoms with Crippen LogP contribution in [-0.4, -0.2) is 26.0 Å². The molecular formula is C12H15Br2NO4S. The summed E-state index contributed by atoms with van der Waals surface area (Å²) in [6, 6.07) is 4.78. The van der Waals surface area contributed by atoms with E-state index < -0.39 is 21.9 Å². The van der Waals surface area contributed by atoms with Gasteiger partial charge in [-0.2, -0.15) is 0 Å². The quantitative estimate of drug-likeness (QED) is 0.699. The topological polar surface area (TPSA) is 83.5 Å². The average Bonchev–Trinajstić information content (AvgIpc) is 2.37. The first-order valence-electron chi connectivity index (χ1n) is 5.95. The Labute approximate surface area is 135 Å². The number of nitrogens with one attached hydrogen (secondary N) is 1. The van der Waals surface area contributed by atoms with Crippen LogP contribution in [0.25, 0.3) is 0 Å². The average molecular weight is 429 g/mol. The minimum Gasteiger partial charge on any atom is -0.481 e. The highest BCUT2D eigenvalue weighted by Crippen LogP contribution is 2.25. The molecule has 0 aliphatic rings. The molecule has 112 valence electrons. The Kier molecular flexibility index (Phi) is 6.63. The van der Waals surface area contributed by atoms with Crippen LogP contribution in [0.5, 0.6) is 0 Å². The van der Waals surface area contributed by atoms with Gasteiger partial charge in [-0.1, -0.05) is 29.3 Å². The van der Waals surface area contributed by atoms with Crippen LogP contribution in [0.15, 0.2) is 32.0 Å². The second-order valence-corrected chi connectivity index (χ2v) is 7.76. The van der Waals surface area contributed by atoms with E-state index in [1.165, 1.54) is 6.07 Å². The van der Waals surface area contributed by atoms with Crippen molar-refractivity contribution in [3.05, 3.63) is 27.1 Å². The normalized spacial score (nSPS) is 13.2. The molecule has 0 saturated carbocycles. The van der Waals surface area contributed by atoms with Crippen molar-refractivity contribution in [3.63, 3.8) is 0 Å². The van der Waals surface area contributed by atoms with Crippen LogP contribution in [0.1, 0.15) is 19.8 Å². The van der Waals surface area contributed by atoms with Gasteiger partial charge >= 0.3 is 5.97 Å². The monoisotopic (exact) mass is 427 g/mol. The summed E-state index contributed by atoms with van der Waals surface area (Å²) < 4.78 is 27.8. The number of halogens is 2. The molecule has 0 radical (unpaired) electrons. The van der Waals surface area contributed by atoms with E-state index in [1.54, 1.807) is 12.1 Å². The van der Waals surface area contributed by atoms with E-state index in [-0.39, 0.29) is 11.4 Å². The Morgan fingerprint density at radius 3 is 2.60 bits per heavy atom. The number of aliphatic carboxylic acids is 1. The molecule has 1 atom stereocenters. The van der Waals surface area contributed by atoms with Crippen molar-refractivity contribution >= 4 is 47.9 Å². The number of carbonyl (C=O) groups is 1. The summed E-state index contributed by atoms with van der Waals surface area (Å²) in [4.78, 5) is 11.1. The lowest BCUT2D eigenvalue weighted by Gasteiger charge is -2.13. The highest BCUT2D eigenvalue weighted by Gasteiger charge is 2.22. The SMILES string of the molecule is CCCC(CNS(=O)(=O)c1cc(Br)ccc1Br)C(=O)O. The predicted octanol–water partition coefficient (Wildman–Crippen LogP) is 2.99. The molecule has 0 aliphatic heterocycles. The lowest BCUT2D eigenvalue weighted by atomic mass is 10.1. The van der Waals surface area contributed by atoms with Crippen LogP contribution in [0.4, 0.5) is 0 Å². The summed E-state index contributed by atoms with van der Waals surface area (Å²) in [7, 11) is -3.75. The van der Waals surface area contributed by atoms with Gasteiger partial charge in [0.1, 0.15) is 0 Å². The summed E-state index contributed by atoms with van der Waals surface area (Å²) in [5.41, 5.74) is 0. The predicted molar refractivity (Wildman–Crippen MR) is 83.1 cm³/mol. The maximum absolute atomic E-state index is 12.2. The van der Waals surface area contributed by atoms with Gasteiger partial charge in [0.25, 0.3) is 0 Å². The second kappa shape index (κ2) is 7.53. The fourth-order valence-corrected chi connectivity index (χ4v) is 4.21. The molecule has 0 heterocycles. The first-order chi connectivity index (χ1) is 9.27. The largest absolute Gasteiger partial charge is 0.481 e. The van der Waals surface area contributed by atoms with Crippen molar-refractivity contribution in [1.29, 1.82) is 0 Å². The van der Waals surface area contributed by atoms with Gasteiger partial charge in [0.15, 0.2) is 0 Å². The summed E-state index contributed by atoms with van der Waals surface area (Å²) >= 11 is 6.39. The number of rotatable bonds is 7. The van der Waals surface area contributed by atoms with Crippen molar-refractivity contribution in [1.82, 2.24) is 4.72 Å². The Hall–Kier alpha value is -0.440. The summed E-state index contributed by atoms with van der Waals surface area (Å²) in [6.07, 6.45) is 1.11. The Balaban J connectivity index is 2.89. The molecule has 20 heavy (non-hydrogen) atoms. The molecule has 1 unspecified atom stereocenters. The van der Waals surface area contributed by atoms with E-state index in [9.17, 15) is 13.2 Å². The van der Waals surface area contributed by atoms with E-state index in [0.29, 0.717) is 21.8 Å². The van der Waals surface area contributed by atoms with Gasteiger partial charge in [0, 0.05) is 15.5 Å². The van der Waals surface area contributed by atoms with Gasteiger partial charge in [-0.25, -0.2) is 13.1 Å². The molecule has 0 amide bonds. The zero-order chi connectivity index (χ0) is 15.3. The Morgan fingerprint density at radius 1 is 1.40 bits per heavy atom. The maximum atomic E-state index is 12.2. The zero-order valence-electron chi connectivity index (χ0n) is 10.8. The molecule has 1 aromatic carbocycles. The third-order valence-electron chi connectivity index (χ3n) is 2.69. The fraction of sp³-hybridized carbons (Fsp3) is 0.417. The highest BCUT2D eigenvalue weighted by molar-refractivity contribution is 9.11. The van der Waals surface area contributed by atoms with Crippen molar-refractivity contribution in [2.45, 2.75) is 24.7 Å². The summed E-state index contributed by atoms with van der Waals surface area (Å²) in [5, 5.41) is 9.02. The van der Waals surface area contributed by atoms with Gasteiger partial charge in [0.05, 0.1) is 10.8 Å². The molecule has 0 saturated heterocycles. The van der Waals surface area contributed by atoms with Crippen LogP contribution in [0.2, 0.25) is 0 Å². The molecular weight excluding hydrogens is 414 g/mol. The lowest BCUT2D eigenvalue weighted by molar-refractivity contribution is -0.141. The number of carboxylic acid groups (broad SMARTS) is 1. The fourth-order valence-electron chi connectivity index (χ4n) is 1.63. The summed E-state index contributed by atoms with van der Waals surface area (Å²) in [6.45, 7) is 1.74. The summed E-state index contributed by atoms with van der Waals surface area (Å²) in [5.74, 6) is -1.72. The van der Waals surface area contributed by atoms with Crippen molar-refractivity contribution in [2.75, 3.05) is 6.54 Å². The van der Waals surface area contributed by atoms with Crippen molar-refractivity contribution in [2.24, 2.45) is 5.92 Å². The maximum Gasteiger partial charge on any atom is 0.307 e. The van der Waals surface area contributed by atoms with Crippen LogP contribution >= 0.6 is 31.9 Å². The number of hydrogen-bond acceptors (Lipinski definition) is 3. The first kappa shape index (κ1) is 17.6. The Bertz CT molecular complexity index is 589. The third-order valence-corrected chi connectivity index (χ3v) is 5.60. The zero-order valence-corrected chi connectivity index (χ0v) is 14.8. The minimum absolute atomic E-state index is 0.0764. The molecule has 0 spiro atoms. The number of carboxylic acids is 1. The van der Waals surface area contributed by atoms with Crippen LogP contribution in [0.3, 0.4) is 0 Å². The molecule has 5 nitrogen and oxygen atoms in total. The molecule has 0 aliphatic carbocycles. The van der Waals surface area contributed by atoms with E-state index in [1.807, 2.05) is 6.92 Å². The van der Waals surface area contributed by atoms with E-state index in [0.717, 1.165) is 0 Å². The smallest absolute Gasteiger partial charge is 0.307 e. The standard InChI is InChI=1S/C12H15Br2NO4S/c1-2-3-8(12(16)17)7-15-20(18,19)11-6-9(13)4-5-10(11)14/h4-6,8,15H,2-3,7H2,1H3,(H,16,17). The molecule has 1 aromatic rings. The molecule has 0 fully saturated rings. The van der Waals surface area contributed by atoms with Crippen molar-refractivity contribution in [3.8, 4) is 0 Å². The van der Waals surface area contributed by atoms with Crippen LogP contribution < -0.4 is 4.72 Å². The molecule has 8 heteroatoms. The second-order valence-electron chi connectivity index (χ2n) is 4.25. The van der Waals surface area contributed by atoms with Gasteiger partial charge in [-0.15, -0.1) is 0 Å². The van der Waals surface area contributed by atoms with E-state index in [4.69, 9.17) is 5.11 Å². The molecule has 0 bridgehead atoms. The number of hydrogen-bond donors (Lipinski definition) is 2. The molecule has 1 rings (SSSR count). The Morgan fingerprint density at radius 2 is 2.05 bits per heavy atom. The van der Waals surface area contributed by atoms with Gasteiger partial charge in [-0.3, -0.25) is 4.79 Å². The number of sulfonamides is 1. The number of benzene rings is 1. The van der Waals surface area contributed by atoms with Gasteiger partial charge < -0.3 is 5.11 Å². The molecule has 2 N–H and O–H groups in total. The van der Waals surface area contributed by atoms with E-state index >= 15 is 0 Å². The van der Waals surface area contributed by atoms with Crippen LogP contribution in [0, 0.1) is 5.92 Å². The van der Waals surface area contributed by atoms with Crippen molar-refractivity contribution < 1.29 is 18.3 Å². The first-order valence-corrected chi connectivity index (χ1v) is 9.02. The van der Waals surface area contributed by atoms with Gasteiger partial charge in [0.2, 0.25) is 10.0 Å². The lowest BCUT2D eigenvalue weighted by Crippen LogP contribution is -2.33. The van der Waals surface area contributed by atoms with E-state index in [2.05, 4.69) is 36.6 Å².